The van der Waals surface area contributed by atoms with Crippen molar-refractivity contribution in [1.82, 2.24) is 5.16 Å². The minimum Gasteiger partial charge on any atom is -0.507 e. The average Bonchev–Trinajstić information content (AvgIpc) is 3.24. The fraction of sp³-hybridized carbons (Fsp3) is 0.0952. The van der Waals surface area contributed by atoms with Gasteiger partial charge in [0.05, 0.1) is 11.6 Å². The van der Waals surface area contributed by atoms with Crippen LogP contribution in [0.1, 0.15) is 22.9 Å². The third kappa shape index (κ3) is 2.87. The average molecular weight is 378 g/mol. The van der Waals surface area contributed by atoms with Gasteiger partial charge in [-0.05, 0) is 24.6 Å². The van der Waals surface area contributed by atoms with Crippen LogP contribution in [0.15, 0.2) is 70.8 Å². The van der Waals surface area contributed by atoms with Gasteiger partial charge in [0.1, 0.15) is 17.3 Å². The molecule has 140 valence electrons. The Morgan fingerprint density at radius 1 is 1.11 bits per heavy atom. The molecule has 1 fully saturated rings. The molecule has 1 amide bonds. The normalized spacial score (nSPS) is 18.6. The summed E-state index contributed by atoms with van der Waals surface area (Å²) in [6.07, 6.45) is 0. The lowest BCUT2D eigenvalue weighted by molar-refractivity contribution is -0.132. The van der Waals surface area contributed by atoms with Crippen LogP contribution in [-0.2, 0) is 9.59 Å². The summed E-state index contributed by atoms with van der Waals surface area (Å²) in [4.78, 5) is 26.8. The highest BCUT2D eigenvalue weighted by molar-refractivity contribution is 6.51. The van der Waals surface area contributed by atoms with Gasteiger partial charge in [-0.3, -0.25) is 14.5 Å². The van der Waals surface area contributed by atoms with Crippen molar-refractivity contribution in [3.05, 3.63) is 88.9 Å². The largest absolute Gasteiger partial charge is 0.507 e. The number of rotatable bonds is 3. The molecule has 0 aliphatic carbocycles. The van der Waals surface area contributed by atoms with Crippen LogP contribution in [-0.4, -0.2) is 22.0 Å². The summed E-state index contributed by atoms with van der Waals surface area (Å²) >= 11 is 0. The van der Waals surface area contributed by atoms with E-state index in [1.807, 2.05) is 0 Å². The molecule has 0 unspecified atom stereocenters. The summed E-state index contributed by atoms with van der Waals surface area (Å²) in [6.45, 7) is 1.66. The second-order valence-corrected chi connectivity index (χ2v) is 6.38. The van der Waals surface area contributed by atoms with Crippen molar-refractivity contribution in [3.8, 4) is 0 Å². The number of hydrogen-bond donors (Lipinski definition) is 1. The van der Waals surface area contributed by atoms with Crippen LogP contribution in [0.5, 0.6) is 0 Å². The van der Waals surface area contributed by atoms with Crippen LogP contribution < -0.4 is 4.90 Å². The molecule has 6 nitrogen and oxygen atoms in total. The Labute approximate surface area is 159 Å². The molecular formula is C21H15FN2O4. The fourth-order valence-corrected chi connectivity index (χ4v) is 3.25. The molecule has 0 spiro atoms. The number of anilines is 1. The Bertz CT molecular complexity index is 1090. The van der Waals surface area contributed by atoms with E-state index in [4.69, 9.17) is 4.52 Å². The molecule has 1 aliphatic rings. The van der Waals surface area contributed by atoms with Gasteiger partial charge < -0.3 is 9.63 Å². The van der Waals surface area contributed by atoms with Crippen molar-refractivity contribution >= 4 is 23.3 Å². The van der Waals surface area contributed by atoms with Gasteiger partial charge in [-0.25, -0.2) is 4.39 Å². The highest BCUT2D eigenvalue weighted by atomic mass is 19.1. The third-order valence-corrected chi connectivity index (χ3v) is 4.54. The van der Waals surface area contributed by atoms with Crippen molar-refractivity contribution in [3.63, 3.8) is 0 Å². The van der Waals surface area contributed by atoms with Gasteiger partial charge in [0, 0.05) is 11.6 Å². The second kappa shape index (κ2) is 6.77. The van der Waals surface area contributed by atoms with Crippen LogP contribution in [0.3, 0.4) is 0 Å². The molecule has 1 N–H and O–H groups in total. The molecule has 2 heterocycles. The topological polar surface area (TPSA) is 83.6 Å². The van der Waals surface area contributed by atoms with Crippen LogP contribution in [0.25, 0.3) is 5.76 Å². The second-order valence-electron chi connectivity index (χ2n) is 6.38. The molecule has 0 saturated carbocycles. The molecule has 7 heteroatoms. The zero-order valence-electron chi connectivity index (χ0n) is 14.8. The molecule has 1 saturated heterocycles. The standard InChI is InChI=1S/C21H15FN2O4/c1-12-11-16(23-28-12)24-18(13-7-9-15(22)10-8-13)17(20(26)21(24)27)19(25)14-5-3-2-4-6-14/h2-11,18,25H,1H3/t18-/m1/s1. The number of ketones is 1. The number of Topliss-reactive ketones (excluding diaryl/α,β-unsaturated/α-hetero) is 1. The number of carbonyl (C=O) groups excluding carboxylic acids is 2. The van der Waals surface area contributed by atoms with Gasteiger partial charge >= 0.3 is 5.91 Å². The van der Waals surface area contributed by atoms with E-state index in [0.29, 0.717) is 16.9 Å². The van der Waals surface area contributed by atoms with E-state index >= 15 is 0 Å². The van der Waals surface area contributed by atoms with Crippen molar-refractivity contribution in [2.24, 2.45) is 0 Å². The zero-order valence-corrected chi connectivity index (χ0v) is 14.8. The van der Waals surface area contributed by atoms with Gasteiger partial charge in [0.25, 0.3) is 5.78 Å². The smallest absolute Gasteiger partial charge is 0.301 e. The third-order valence-electron chi connectivity index (χ3n) is 4.54. The molecular weight excluding hydrogens is 363 g/mol. The van der Waals surface area contributed by atoms with Crippen LogP contribution >= 0.6 is 0 Å². The molecule has 4 rings (SSSR count). The Morgan fingerprint density at radius 2 is 1.79 bits per heavy atom. The van der Waals surface area contributed by atoms with Crippen LogP contribution in [0, 0.1) is 12.7 Å². The molecule has 0 radical (unpaired) electrons. The van der Waals surface area contributed by atoms with Gasteiger partial charge in [-0.15, -0.1) is 0 Å². The first-order valence-corrected chi connectivity index (χ1v) is 8.52. The van der Waals surface area contributed by atoms with Gasteiger partial charge in [-0.2, -0.15) is 0 Å². The maximum Gasteiger partial charge on any atom is 0.301 e. The minimum atomic E-state index is -0.967. The van der Waals surface area contributed by atoms with Crippen molar-refractivity contribution in [1.29, 1.82) is 0 Å². The summed E-state index contributed by atoms with van der Waals surface area (Å²) in [5.41, 5.74) is 0.756. The Morgan fingerprint density at radius 3 is 2.39 bits per heavy atom. The van der Waals surface area contributed by atoms with E-state index in [-0.39, 0.29) is 17.2 Å². The predicted molar refractivity (Wildman–Crippen MR) is 98.9 cm³/mol. The zero-order chi connectivity index (χ0) is 19.8. The van der Waals surface area contributed by atoms with E-state index in [9.17, 15) is 19.1 Å². The maximum atomic E-state index is 13.4. The number of halogens is 1. The summed E-state index contributed by atoms with van der Waals surface area (Å²) in [7, 11) is 0. The summed E-state index contributed by atoms with van der Waals surface area (Å²) in [5, 5.41) is 14.7. The number of aliphatic hydroxyl groups excluding tert-OH is 1. The van der Waals surface area contributed by atoms with E-state index in [2.05, 4.69) is 5.16 Å². The molecule has 1 aliphatic heterocycles. The number of carbonyl (C=O) groups is 2. The van der Waals surface area contributed by atoms with Gasteiger partial charge in [-0.1, -0.05) is 47.6 Å². The van der Waals surface area contributed by atoms with Crippen molar-refractivity contribution in [2.45, 2.75) is 13.0 Å². The fourth-order valence-electron chi connectivity index (χ4n) is 3.25. The van der Waals surface area contributed by atoms with E-state index < -0.39 is 23.5 Å². The summed E-state index contributed by atoms with van der Waals surface area (Å²) in [6, 6.07) is 14.4. The Hall–Kier alpha value is -3.74. The van der Waals surface area contributed by atoms with Crippen molar-refractivity contribution in [2.75, 3.05) is 4.90 Å². The highest BCUT2D eigenvalue weighted by Crippen LogP contribution is 2.41. The molecule has 1 aromatic heterocycles. The molecule has 0 bridgehead atoms. The number of aliphatic hydroxyl groups is 1. The van der Waals surface area contributed by atoms with E-state index in [0.717, 1.165) is 4.90 Å². The first-order valence-electron chi connectivity index (χ1n) is 8.52. The van der Waals surface area contributed by atoms with Crippen molar-refractivity contribution < 1.29 is 23.6 Å². The maximum absolute atomic E-state index is 13.4. The molecule has 3 aromatic rings. The Balaban J connectivity index is 1.94. The lowest BCUT2D eigenvalue weighted by Crippen LogP contribution is -2.29. The van der Waals surface area contributed by atoms with Crippen LogP contribution in [0.2, 0.25) is 0 Å². The SMILES string of the molecule is Cc1cc(N2C(=O)C(=O)C(=C(O)c3ccccc3)[C@H]2c2ccc(F)cc2)no1. The minimum absolute atomic E-state index is 0.0940. The number of nitrogens with zero attached hydrogens (tertiary/aromatic N) is 2. The Kier molecular flexibility index (Phi) is 4.27. The predicted octanol–water partition coefficient (Wildman–Crippen LogP) is 3.75. The summed E-state index contributed by atoms with van der Waals surface area (Å²) in [5.74, 6) is -1.87. The number of benzene rings is 2. The number of amides is 1. The lowest BCUT2D eigenvalue weighted by atomic mass is 9.95. The first-order chi connectivity index (χ1) is 13.5. The molecule has 1 atom stereocenters. The highest BCUT2D eigenvalue weighted by Gasteiger charge is 2.48. The number of hydrogen-bond acceptors (Lipinski definition) is 5. The van der Waals surface area contributed by atoms with Crippen LogP contribution in [0.4, 0.5) is 10.2 Å². The lowest BCUT2D eigenvalue weighted by Gasteiger charge is -2.22. The molecule has 2 aromatic carbocycles. The van der Waals surface area contributed by atoms with Gasteiger partial charge in [0.2, 0.25) is 0 Å². The monoisotopic (exact) mass is 378 g/mol. The first kappa shape index (κ1) is 17.7. The quantitative estimate of drug-likeness (QED) is 0.426. The van der Waals surface area contributed by atoms with Gasteiger partial charge in [0.15, 0.2) is 5.82 Å². The number of aryl methyl sites for hydroxylation is 1. The van der Waals surface area contributed by atoms with E-state index in [1.54, 1.807) is 37.3 Å². The number of aromatic nitrogens is 1. The van der Waals surface area contributed by atoms with E-state index in [1.165, 1.54) is 30.3 Å². The summed E-state index contributed by atoms with van der Waals surface area (Å²) < 4.78 is 18.5. The molecule has 28 heavy (non-hydrogen) atoms.